The van der Waals surface area contributed by atoms with E-state index in [2.05, 4.69) is 58.6 Å². The van der Waals surface area contributed by atoms with Crippen molar-refractivity contribution in [2.24, 2.45) is 0 Å². The molecule has 0 aliphatic carbocycles. The van der Waals surface area contributed by atoms with Crippen LogP contribution in [0.3, 0.4) is 0 Å². The molecule has 2 N–H and O–H groups in total. The topological polar surface area (TPSA) is 76.7 Å². The third-order valence-electron chi connectivity index (χ3n) is 2.90. The van der Waals surface area contributed by atoms with Gasteiger partial charge in [-0.3, -0.25) is 20.4 Å². The van der Waals surface area contributed by atoms with Gasteiger partial charge in [-0.15, -0.1) is 0 Å². The Morgan fingerprint density at radius 2 is 1.52 bits per heavy atom. The maximum atomic E-state index is 11.8. The van der Waals surface area contributed by atoms with Gasteiger partial charge in [0.2, 0.25) is 0 Å². The quantitative estimate of drug-likeness (QED) is 0.460. The molecule has 11 heteroatoms. The van der Waals surface area contributed by atoms with Crippen LogP contribution in [-0.2, 0) is 9.59 Å². The number of carbonyl (C=O) groups excluding carboxylic acids is 2. The van der Waals surface area contributed by atoms with Gasteiger partial charge in [0.15, 0.2) is 19.0 Å². The summed E-state index contributed by atoms with van der Waals surface area (Å²) in [5, 5.41) is 0.674. The highest BCUT2D eigenvalue weighted by Gasteiger charge is 2.12. The molecular weight excluding hydrogens is 595 g/mol. The molecule has 0 saturated heterocycles. The number of hydrogen-bond acceptors (Lipinski definition) is 4. The normalized spacial score (nSPS) is 10.3. The number of ether oxygens (including phenoxy) is 2. The standard InChI is InChI=1S/C16H11Br3Cl2N2O4/c17-8-1-2-13(10(18)3-8)26-6-14(24)22-23-15(25)7-27-16-11(19)4-9(20)5-12(16)21/h1-5H,6-7H2,(H,22,24)(H,23,25). The SMILES string of the molecule is O=C(COc1ccc(Br)cc1Br)NNC(=O)COc1c(Cl)cc(Cl)cc1Br. The first-order chi connectivity index (χ1) is 12.8. The number of carbonyl (C=O) groups is 2. The summed E-state index contributed by atoms with van der Waals surface area (Å²) in [6.07, 6.45) is 0. The highest BCUT2D eigenvalue weighted by Crippen LogP contribution is 2.36. The zero-order valence-electron chi connectivity index (χ0n) is 13.3. The third-order valence-corrected chi connectivity index (χ3v) is 5.11. The van der Waals surface area contributed by atoms with Crippen LogP contribution in [0.1, 0.15) is 0 Å². The molecule has 0 heterocycles. The van der Waals surface area contributed by atoms with Gasteiger partial charge in [0.1, 0.15) is 5.75 Å². The highest BCUT2D eigenvalue weighted by molar-refractivity contribution is 9.11. The van der Waals surface area contributed by atoms with Crippen molar-refractivity contribution in [3.63, 3.8) is 0 Å². The van der Waals surface area contributed by atoms with Gasteiger partial charge in [-0.25, -0.2) is 0 Å². The lowest BCUT2D eigenvalue weighted by Crippen LogP contribution is -2.45. The van der Waals surface area contributed by atoms with Crippen LogP contribution in [0, 0.1) is 0 Å². The van der Waals surface area contributed by atoms with Crippen molar-refractivity contribution in [3.8, 4) is 11.5 Å². The Labute approximate surface area is 190 Å². The van der Waals surface area contributed by atoms with Crippen LogP contribution in [0.15, 0.2) is 43.7 Å². The molecule has 0 aromatic heterocycles. The number of halogens is 5. The summed E-state index contributed by atoms with van der Waals surface area (Å²) in [6, 6.07) is 8.33. The van der Waals surface area contributed by atoms with Crippen molar-refractivity contribution in [2.75, 3.05) is 13.2 Å². The van der Waals surface area contributed by atoms with Gasteiger partial charge >= 0.3 is 0 Å². The first-order valence-corrected chi connectivity index (χ1v) is 10.3. The van der Waals surface area contributed by atoms with Gasteiger partial charge in [-0.2, -0.15) is 0 Å². The molecule has 2 aromatic rings. The maximum absolute atomic E-state index is 11.8. The first kappa shape index (κ1) is 22.3. The summed E-state index contributed by atoms with van der Waals surface area (Å²) in [6.45, 7) is -0.644. The molecule has 0 bridgehead atoms. The molecule has 0 radical (unpaired) electrons. The highest BCUT2D eigenvalue weighted by atomic mass is 79.9. The van der Waals surface area contributed by atoms with Gasteiger partial charge in [-0.05, 0) is 62.2 Å². The fourth-order valence-electron chi connectivity index (χ4n) is 1.75. The number of amides is 2. The van der Waals surface area contributed by atoms with E-state index in [1.54, 1.807) is 24.3 Å². The lowest BCUT2D eigenvalue weighted by molar-refractivity contribution is -0.131. The summed E-state index contributed by atoms with van der Waals surface area (Å²) in [7, 11) is 0. The molecule has 27 heavy (non-hydrogen) atoms. The summed E-state index contributed by atoms with van der Waals surface area (Å²) >= 11 is 21.7. The zero-order valence-corrected chi connectivity index (χ0v) is 19.6. The molecule has 0 atom stereocenters. The molecule has 2 aromatic carbocycles. The Hall–Kier alpha value is -1.000. The second-order valence-corrected chi connectivity index (χ2v) is 8.41. The molecule has 144 valence electrons. The van der Waals surface area contributed by atoms with E-state index >= 15 is 0 Å². The number of nitrogens with one attached hydrogen (secondary N) is 2. The van der Waals surface area contributed by atoms with Gasteiger partial charge in [0.25, 0.3) is 11.8 Å². The van der Waals surface area contributed by atoms with E-state index in [4.69, 9.17) is 32.7 Å². The molecule has 0 aliphatic rings. The first-order valence-electron chi connectivity index (χ1n) is 7.19. The van der Waals surface area contributed by atoms with E-state index in [9.17, 15) is 9.59 Å². The van der Waals surface area contributed by atoms with E-state index in [1.165, 1.54) is 6.07 Å². The average molecular weight is 606 g/mol. The molecule has 0 saturated carbocycles. The van der Waals surface area contributed by atoms with Gasteiger partial charge in [-0.1, -0.05) is 39.1 Å². The Morgan fingerprint density at radius 3 is 2.11 bits per heavy atom. The van der Waals surface area contributed by atoms with Gasteiger partial charge in [0, 0.05) is 9.50 Å². The van der Waals surface area contributed by atoms with Crippen LogP contribution >= 0.6 is 71.0 Å². The van der Waals surface area contributed by atoms with E-state index < -0.39 is 11.8 Å². The van der Waals surface area contributed by atoms with Gasteiger partial charge < -0.3 is 9.47 Å². The van der Waals surface area contributed by atoms with Crippen molar-refractivity contribution < 1.29 is 19.1 Å². The smallest absolute Gasteiger partial charge is 0.276 e. The molecule has 2 amide bonds. The number of rotatable bonds is 6. The zero-order chi connectivity index (χ0) is 20.0. The van der Waals surface area contributed by atoms with Crippen LogP contribution in [0.25, 0.3) is 0 Å². The molecule has 0 unspecified atom stereocenters. The third kappa shape index (κ3) is 7.15. The van der Waals surface area contributed by atoms with Crippen LogP contribution in [0.4, 0.5) is 0 Å². The van der Waals surface area contributed by atoms with Crippen LogP contribution in [0.5, 0.6) is 11.5 Å². The minimum atomic E-state index is -0.578. The van der Waals surface area contributed by atoms with E-state index in [0.29, 0.717) is 19.7 Å². The van der Waals surface area contributed by atoms with Crippen molar-refractivity contribution >= 4 is 82.8 Å². The molecular formula is C16H11Br3Cl2N2O4. The summed E-state index contributed by atoms with van der Waals surface area (Å²) in [4.78, 5) is 23.5. The van der Waals surface area contributed by atoms with E-state index in [0.717, 1.165) is 4.47 Å². The summed E-state index contributed by atoms with van der Waals surface area (Å²) < 4.78 is 12.7. The van der Waals surface area contributed by atoms with Crippen molar-refractivity contribution in [1.82, 2.24) is 10.9 Å². The molecule has 0 fully saturated rings. The minimum absolute atomic E-state index is 0.250. The Bertz CT molecular complexity index is 845. The number of hydrogen-bond donors (Lipinski definition) is 2. The second-order valence-electron chi connectivity index (χ2n) is 4.95. The predicted molar refractivity (Wildman–Crippen MR) is 113 cm³/mol. The van der Waals surface area contributed by atoms with Crippen LogP contribution in [-0.4, -0.2) is 25.0 Å². The lowest BCUT2D eigenvalue weighted by atomic mass is 10.3. The number of hydrazine groups is 1. The average Bonchev–Trinajstić information content (AvgIpc) is 2.58. The van der Waals surface area contributed by atoms with Gasteiger partial charge in [0.05, 0.1) is 14.0 Å². The summed E-state index contributed by atoms with van der Waals surface area (Å²) in [5.74, 6) is -0.355. The van der Waals surface area contributed by atoms with E-state index in [1.807, 2.05) is 0 Å². The molecule has 2 rings (SSSR count). The number of benzene rings is 2. The predicted octanol–water partition coefficient (Wildman–Crippen LogP) is 4.89. The fourth-order valence-corrected chi connectivity index (χ4v) is 4.28. The Balaban J connectivity index is 1.76. The monoisotopic (exact) mass is 602 g/mol. The Kier molecular flexibility index (Phi) is 8.68. The fraction of sp³-hybridized carbons (Fsp3) is 0.125. The van der Waals surface area contributed by atoms with Crippen molar-refractivity contribution in [2.45, 2.75) is 0 Å². The second kappa shape index (κ2) is 10.5. The summed E-state index contributed by atoms with van der Waals surface area (Å²) in [5.41, 5.74) is 4.44. The van der Waals surface area contributed by atoms with E-state index in [-0.39, 0.29) is 24.0 Å². The van der Waals surface area contributed by atoms with Crippen molar-refractivity contribution in [1.29, 1.82) is 0 Å². The lowest BCUT2D eigenvalue weighted by Gasteiger charge is -2.12. The van der Waals surface area contributed by atoms with Crippen molar-refractivity contribution in [3.05, 3.63) is 53.8 Å². The largest absolute Gasteiger partial charge is 0.483 e. The van der Waals surface area contributed by atoms with Crippen LogP contribution in [0.2, 0.25) is 10.0 Å². The molecule has 6 nitrogen and oxygen atoms in total. The maximum Gasteiger partial charge on any atom is 0.276 e. The van der Waals surface area contributed by atoms with Crippen LogP contribution < -0.4 is 20.3 Å². The molecule has 0 aliphatic heterocycles. The molecule has 0 spiro atoms. The minimum Gasteiger partial charge on any atom is -0.483 e. The Morgan fingerprint density at radius 1 is 0.889 bits per heavy atom.